The molecule has 0 bridgehead atoms. The summed E-state index contributed by atoms with van der Waals surface area (Å²) in [4.78, 5) is 9.71. The van der Waals surface area contributed by atoms with Crippen LogP contribution in [0.15, 0.2) is 11.4 Å². The van der Waals surface area contributed by atoms with Gasteiger partial charge in [-0.15, -0.1) is 0 Å². The molecule has 0 saturated carbocycles. The van der Waals surface area contributed by atoms with Crippen molar-refractivity contribution in [1.82, 2.24) is 4.37 Å². The van der Waals surface area contributed by atoms with Crippen LogP contribution in [-0.2, 0) is 11.2 Å². The van der Waals surface area contributed by atoms with Gasteiger partial charge in [-0.25, -0.2) is 0 Å². The topological polar surface area (TPSA) is 30.0 Å². The molecule has 0 aliphatic heterocycles. The lowest BCUT2D eigenvalue weighted by atomic mass is 10.3. The molecule has 41 valence electrons. The van der Waals surface area contributed by atoms with Crippen molar-refractivity contribution in [2.75, 3.05) is 0 Å². The molecule has 0 aliphatic rings. The van der Waals surface area contributed by atoms with Crippen LogP contribution in [0.25, 0.3) is 0 Å². The monoisotopic (exact) mass is 126 g/mol. The lowest BCUT2D eigenvalue weighted by Gasteiger charge is -1.75. The van der Waals surface area contributed by atoms with Crippen molar-refractivity contribution in [1.29, 1.82) is 0 Å². The van der Waals surface area contributed by atoms with E-state index in [-0.39, 0.29) is 0 Å². The van der Waals surface area contributed by atoms with E-state index >= 15 is 0 Å². The Balaban J connectivity index is 2.62. The predicted molar refractivity (Wildman–Crippen MR) is 31.5 cm³/mol. The number of rotatable bonds is 2. The molecule has 8 heavy (non-hydrogen) atoms. The lowest BCUT2D eigenvalue weighted by Crippen LogP contribution is -1.81. The molecule has 0 aliphatic carbocycles. The van der Waals surface area contributed by atoms with Gasteiger partial charge in [0.05, 0.1) is 12.1 Å². The quantitative estimate of drug-likeness (QED) is 0.586. The highest BCUT2D eigenvalue weighted by molar-refractivity contribution is 7.03. The van der Waals surface area contributed by atoms with Gasteiger partial charge in [-0.1, -0.05) is 0 Å². The fourth-order valence-electron chi connectivity index (χ4n) is 0.403. The Kier molecular flexibility index (Phi) is 1.75. The summed E-state index contributed by atoms with van der Waals surface area (Å²) in [5.41, 5.74) is 0.810. The summed E-state index contributed by atoms with van der Waals surface area (Å²) >= 11 is 1.35. The maximum atomic E-state index is 9.71. The van der Waals surface area contributed by atoms with Crippen LogP contribution in [0.5, 0.6) is 0 Å². The van der Waals surface area contributed by atoms with Crippen molar-refractivity contribution in [2.24, 2.45) is 0 Å². The van der Waals surface area contributed by atoms with Gasteiger partial charge in [-0.3, -0.25) is 4.79 Å². The van der Waals surface area contributed by atoms with Crippen LogP contribution >= 0.6 is 11.5 Å². The first-order valence-corrected chi connectivity index (χ1v) is 3.01. The third kappa shape index (κ3) is 1.13. The predicted octanol–water partition coefficient (Wildman–Crippen LogP) is 0.795. The minimum absolute atomic E-state index is 0.323. The van der Waals surface area contributed by atoms with E-state index < -0.39 is 0 Å². The third-order valence-corrected chi connectivity index (χ3v) is 1.34. The van der Waals surface area contributed by atoms with Gasteiger partial charge in [0.25, 0.3) is 0 Å². The molecule has 1 aromatic rings. The first-order chi connectivity index (χ1) is 3.93. The summed E-state index contributed by atoms with van der Waals surface area (Å²) in [6, 6.07) is 1.82. The summed E-state index contributed by atoms with van der Waals surface area (Å²) in [5, 5.41) is 1.84. The van der Waals surface area contributed by atoms with Crippen LogP contribution < -0.4 is 0 Å². The second-order valence-electron chi connectivity index (χ2n) is 1.31. The SMILES string of the molecule is O=[C]Cc1ccsn1. The largest absolute Gasteiger partial charge is 0.290 e. The van der Waals surface area contributed by atoms with E-state index in [1.807, 2.05) is 11.4 Å². The van der Waals surface area contributed by atoms with Crippen LogP contribution in [0.1, 0.15) is 5.69 Å². The Hall–Kier alpha value is -0.700. The number of hydrogen-bond donors (Lipinski definition) is 0. The van der Waals surface area contributed by atoms with Gasteiger partial charge in [-0.2, -0.15) is 4.37 Å². The molecule has 0 fully saturated rings. The van der Waals surface area contributed by atoms with Crippen molar-refractivity contribution in [3.8, 4) is 0 Å². The second kappa shape index (κ2) is 2.57. The summed E-state index contributed by atoms with van der Waals surface area (Å²) in [5.74, 6) is 0. The molecule has 0 atom stereocenters. The van der Waals surface area contributed by atoms with Gasteiger partial charge in [0.2, 0.25) is 6.29 Å². The standard InChI is InChI=1S/C5H4NOS/c7-3-1-5-2-4-8-6-5/h2,4H,1H2. The van der Waals surface area contributed by atoms with E-state index in [2.05, 4.69) is 4.37 Å². The van der Waals surface area contributed by atoms with Gasteiger partial charge in [0, 0.05) is 5.38 Å². The fraction of sp³-hybridized carbons (Fsp3) is 0.200. The average molecular weight is 126 g/mol. The van der Waals surface area contributed by atoms with E-state index in [1.165, 1.54) is 11.5 Å². The van der Waals surface area contributed by atoms with E-state index in [9.17, 15) is 4.79 Å². The molecule has 0 N–H and O–H groups in total. The molecule has 2 nitrogen and oxygen atoms in total. The lowest BCUT2D eigenvalue weighted by molar-refractivity contribution is 0.555. The molecule has 0 unspecified atom stereocenters. The van der Waals surface area contributed by atoms with Crippen LogP contribution in [-0.4, -0.2) is 10.7 Å². The third-order valence-electron chi connectivity index (χ3n) is 0.745. The normalized spacial score (nSPS) is 9.00. The molecule has 0 spiro atoms. The van der Waals surface area contributed by atoms with Gasteiger partial charge in [0.15, 0.2) is 0 Å². The minimum atomic E-state index is 0.323. The van der Waals surface area contributed by atoms with Gasteiger partial charge in [-0.05, 0) is 17.6 Å². The molecule has 1 radical (unpaired) electrons. The Morgan fingerprint density at radius 1 is 1.88 bits per heavy atom. The van der Waals surface area contributed by atoms with Crippen molar-refractivity contribution < 1.29 is 4.79 Å². The summed E-state index contributed by atoms with van der Waals surface area (Å²) in [6.07, 6.45) is 2.09. The zero-order valence-electron chi connectivity index (χ0n) is 4.13. The van der Waals surface area contributed by atoms with Gasteiger partial charge in [0.1, 0.15) is 0 Å². The zero-order chi connectivity index (χ0) is 5.82. The Labute approximate surface area is 51.3 Å². The Morgan fingerprint density at radius 3 is 3.25 bits per heavy atom. The number of hydrogen-bond acceptors (Lipinski definition) is 3. The number of aromatic nitrogens is 1. The van der Waals surface area contributed by atoms with E-state index in [0.717, 1.165) is 5.69 Å². The maximum absolute atomic E-state index is 9.71. The van der Waals surface area contributed by atoms with Crippen LogP contribution in [0.3, 0.4) is 0 Å². The summed E-state index contributed by atoms with van der Waals surface area (Å²) in [6.45, 7) is 0. The Bertz CT molecular complexity index is 159. The van der Waals surface area contributed by atoms with Crippen molar-refractivity contribution in [3.63, 3.8) is 0 Å². The second-order valence-corrected chi connectivity index (χ2v) is 1.98. The Morgan fingerprint density at radius 2 is 2.75 bits per heavy atom. The molecular formula is C5H4NOS. The molecule has 0 amide bonds. The maximum Gasteiger partial charge on any atom is 0.204 e. The highest BCUT2D eigenvalue weighted by atomic mass is 32.1. The molecular weight excluding hydrogens is 122 g/mol. The first-order valence-electron chi connectivity index (χ1n) is 2.18. The molecule has 3 heteroatoms. The average Bonchev–Trinajstić information content (AvgIpc) is 2.19. The van der Waals surface area contributed by atoms with Crippen molar-refractivity contribution in [2.45, 2.75) is 6.42 Å². The van der Waals surface area contributed by atoms with E-state index in [1.54, 1.807) is 6.29 Å². The van der Waals surface area contributed by atoms with Crippen LogP contribution in [0.4, 0.5) is 0 Å². The van der Waals surface area contributed by atoms with Crippen LogP contribution in [0, 0.1) is 0 Å². The minimum Gasteiger partial charge on any atom is -0.290 e. The molecule has 1 aromatic heterocycles. The van der Waals surface area contributed by atoms with Crippen molar-refractivity contribution in [3.05, 3.63) is 17.1 Å². The summed E-state index contributed by atoms with van der Waals surface area (Å²) in [7, 11) is 0. The van der Waals surface area contributed by atoms with Crippen molar-refractivity contribution >= 4 is 17.8 Å². The fourth-order valence-corrected chi connectivity index (χ4v) is 0.942. The molecule has 0 aromatic carbocycles. The molecule has 1 rings (SSSR count). The first kappa shape index (κ1) is 5.44. The number of carbonyl (C=O) groups excluding carboxylic acids is 1. The smallest absolute Gasteiger partial charge is 0.204 e. The van der Waals surface area contributed by atoms with Gasteiger partial charge >= 0.3 is 0 Å². The zero-order valence-corrected chi connectivity index (χ0v) is 4.94. The summed E-state index contributed by atoms with van der Waals surface area (Å²) < 4.78 is 3.89. The van der Waals surface area contributed by atoms with Gasteiger partial charge < -0.3 is 0 Å². The highest BCUT2D eigenvalue weighted by Crippen LogP contribution is 1.97. The highest BCUT2D eigenvalue weighted by Gasteiger charge is 1.90. The van der Waals surface area contributed by atoms with Crippen LogP contribution in [0.2, 0.25) is 0 Å². The molecule has 0 saturated heterocycles. The van der Waals surface area contributed by atoms with E-state index in [4.69, 9.17) is 0 Å². The molecule has 1 heterocycles. The van der Waals surface area contributed by atoms with E-state index in [0.29, 0.717) is 6.42 Å². The number of nitrogens with zero attached hydrogens (tertiary/aromatic N) is 1.